The number of urea groups is 1. The molecule has 9 heteroatoms. The number of H-pyrrole nitrogens is 1. The summed E-state index contributed by atoms with van der Waals surface area (Å²) in [7, 11) is 0. The van der Waals surface area contributed by atoms with E-state index in [1.54, 1.807) is 0 Å². The van der Waals surface area contributed by atoms with E-state index in [1.807, 2.05) is 24.3 Å². The molecule has 0 saturated heterocycles. The Morgan fingerprint density at radius 1 is 1.21 bits per heavy atom. The van der Waals surface area contributed by atoms with Gasteiger partial charge in [0.1, 0.15) is 5.52 Å². The molecule has 146 valence electrons. The predicted octanol–water partition coefficient (Wildman–Crippen LogP) is 3.00. The van der Waals surface area contributed by atoms with Gasteiger partial charge in [0.15, 0.2) is 5.65 Å². The van der Waals surface area contributed by atoms with Gasteiger partial charge in [-0.05, 0) is 24.8 Å². The molecule has 0 spiro atoms. The number of aromatic amines is 1. The highest BCUT2D eigenvalue weighted by Gasteiger charge is 2.23. The van der Waals surface area contributed by atoms with Crippen LogP contribution in [0.2, 0.25) is 0 Å². The second kappa shape index (κ2) is 8.14. The first-order chi connectivity index (χ1) is 13.6. The molecule has 0 bridgehead atoms. The molecule has 1 aliphatic rings. The maximum Gasteiger partial charge on any atom is 0.321 e. The number of hydrogen-bond acceptors (Lipinski definition) is 6. The first kappa shape index (κ1) is 18.7. The fraction of sp³-hybridized carbons (Fsp3) is 0.421. The number of rotatable bonds is 4. The summed E-state index contributed by atoms with van der Waals surface area (Å²) in [6.07, 6.45) is 4.38. The van der Waals surface area contributed by atoms with Crippen molar-refractivity contribution in [2.45, 2.75) is 43.8 Å². The summed E-state index contributed by atoms with van der Waals surface area (Å²) in [6, 6.07) is 7.47. The van der Waals surface area contributed by atoms with Crippen molar-refractivity contribution in [3.8, 4) is 0 Å². The van der Waals surface area contributed by atoms with E-state index in [4.69, 9.17) is 0 Å². The van der Waals surface area contributed by atoms with Crippen molar-refractivity contribution in [1.29, 1.82) is 0 Å². The van der Waals surface area contributed by atoms with Crippen LogP contribution in [0.15, 0.2) is 29.4 Å². The maximum atomic E-state index is 12.1. The molecule has 8 nitrogen and oxygen atoms in total. The predicted molar refractivity (Wildman–Crippen MR) is 108 cm³/mol. The molecule has 4 rings (SSSR count). The monoisotopic (exact) mass is 398 g/mol. The summed E-state index contributed by atoms with van der Waals surface area (Å²) in [5.41, 5.74) is 2.27. The lowest BCUT2D eigenvalue weighted by Crippen LogP contribution is -2.48. The molecule has 3 aromatic rings. The molecule has 3 N–H and O–H groups in total. The number of nitrogens with one attached hydrogen (secondary N) is 3. The van der Waals surface area contributed by atoms with Crippen LogP contribution in [-0.2, 0) is 4.79 Å². The summed E-state index contributed by atoms with van der Waals surface area (Å²) < 4.78 is 0. The molecule has 0 aliphatic heterocycles. The van der Waals surface area contributed by atoms with E-state index in [1.165, 1.54) is 6.42 Å². The third-order valence-corrected chi connectivity index (χ3v) is 5.95. The van der Waals surface area contributed by atoms with Crippen LogP contribution < -0.4 is 10.6 Å². The van der Waals surface area contributed by atoms with E-state index in [2.05, 4.69) is 37.7 Å². The third kappa shape index (κ3) is 4.09. The average molecular weight is 398 g/mol. The molecule has 0 unspecified atom stereocenters. The molecule has 1 saturated carbocycles. The zero-order valence-corrected chi connectivity index (χ0v) is 16.4. The second-order valence-corrected chi connectivity index (χ2v) is 8.08. The van der Waals surface area contributed by atoms with Crippen LogP contribution in [0.1, 0.15) is 32.6 Å². The number of nitrogens with zero attached hydrogens (tertiary/aromatic N) is 3. The van der Waals surface area contributed by atoms with Crippen LogP contribution >= 0.6 is 11.8 Å². The molecule has 28 heavy (non-hydrogen) atoms. The maximum absolute atomic E-state index is 12.1. The lowest BCUT2D eigenvalue weighted by atomic mass is 9.86. The molecule has 2 atom stereocenters. The second-order valence-electron chi connectivity index (χ2n) is 7.14. The minimum absolute atomic E-state index is 0.0427. The summed E-state index contributed by atoms with van der Waals surface area (Å²) >= 11 is 1.15. The Hall–Kier alpha value is -2.68. The van der Waals surface area contributed by atoms with Crippen molar-refractivity contribution in [3.05, 3.63) is 24.3 Å². The number of benzene rings is 1. The Kier molecular flexibility index (Phi) is 5.43. The van der Waals surface area contributed by atoms with Crippen LogP contribution in [-0.4, -0.2) is 43.9 Å². The fourth-order valence-electron chi connectivity index (χ4n) is 3.59. The Morgan fingerprint density at radius 3 is 2.89 bits per heavy atom. The van der Waals surface area contributed by atoms with Crippen molar-refractivity contribution in [1.82, 2.24) is 30.8 Å². The van der Waals surface area contributed by atoms with Gasteiger partial charge < -0.3 is 10.3 Å². The summed E-state index contributed by atoms with van der Waals surface area (Å²) in [5.74, 6) is 0.0962. The van der Waals surface area contributed by atoms with Gasteiger partial charge in [-0.1, -0.05) is 49.7 Å². The van der Waals surface area contributed by atoms with E-state index in [9.17, 15) is 9.59 Å². The number of fused-ring (bicyclic) bond motifs is 3. The van der Waals surface area contributed by atoms with E-state index >= 15 is 0 Å². The van der Waals surface area contributed by atoms with Crippen molar-refractivity contribution in [3.63, 3.8) is 0 Å². The number of carbonyl (C=O) groups is 2. The third-order valence-electron chi connectivity index (χ3n) is 5.12. The molecule has 1 aliphatic carbocycles. The fourth-order valence-corrected chi connectivity index (χ4v) is 4.18. The molecule has 1 aromatic carbocycles. The lowest BCUT2D eigenvalue weighted by molar-refractivity contribution is -0.117. The van der Waals surface area contributed by atoms with Crippen LogP contribution in [0, 0.1) is 5.92 Å². The Bertz CT molecular complexity index is 1020. The van der Waals surface area contributed by atoms with Gasteiger partial charge in [0.2, 0.25) is 11.1 Å². The van der Waals surface area contributed by atoms with E-state index in [0.717, 1.165) is 41.9 Å². The van der Waals surface area contributed by atoms with Gasteiger partial charge in [-0.3, -0.25) is 10.1 Å². The van der Waals surface area contributed by atoms with Gasteiger partial charge in [-0.15, -0.1) is 10.2 Å². The quantitative estimate of drug-likeness (QED) is 0.582. The highest BCUT2D eigenvalue weighted by atomic mass is 32.2. The highest BCUT2D eigenvalue weighted by Crippen LogP contribution is 2.24. The number of imide groups is 1. The van der Waals surface area contributed by atoms with E-state index < -0.39 is 6.03 Å². The van der Waals surface area contributed by atoms with Gasteiger partial charge in [-0.25, -0.2) is 9.78 Å². The van der Waals surface area contributed by atoms with Gasteiger partial charge in [0.05, 0.1) is 5.75 Å². The van der Waals surface area contributed by atoms with Gasteiger partial charge in [0, 0.05) is 16.9 Å². The Morgan fingerprint density at radius 2 is 2.04 bits per heavy atom. The number of aromatic nitrogens is 4. The van der Waals surface area contributed by atoms with Gasteiger partial charge >= 0.3 is 6.03 Å². The number of thioether (sulfide) groups is 1. The standard InChI is InChI=1S/C19H22N6O2S/c1-11-6-2-4-8-13(11)21-18(27)22-15(26)10-28-19-23-17-16(24-25-19)12-7-3-5-9-14(12)20-17/h3,5,7,9,11,13H,2,4,6,8,10H2,1H3,(H,20,23,25)(H2,21,22,26,27)/t11-,13-/m1/s1. The molecule has 2 heterocycles. The topological polar surface area (TPSA) is 113 Å². The molecular weight excluding hydrogens is 376 g/mol. The van der Waals surface area contributed by atoms with Crippen LogP contribution in [0.3, 0.4) is 0 Å². The summed E-state index contributed by atoms with van der Waals surface area (Å²) in [5, 5.41) is 14.9. The van der Waals surface area contributed by atoms with E-state index in [-0.39, 0.29) is 17.7 Å². The number of hydrogen-bond donors (Lipinski definition) is 3. The van der Waals surface area contributed by atoms with Crippen molar-refractivity contribution >= 4 is 45.8 Å². The van der Waals surface area contributed by atoms with Crippen molar-refractivity contribution in [2.75, 3.05) is 5.75 Å². The summed E-state index contributed by atoms with van der Waals surface area (Å²) in [4.78, 5) is 31.7. The van der Waals surface area contributed by atoms with Crippen LogP contribution in [0.25, 0.3) is 22.1 Å². The van der Waals surface area contributed by atoms with Gasteiger partial charge in [0.25, 0.3) is 0 Å². The highest BCUT2D eigenvalue weighted by molar-refractivity contribution is 7.99. The number of amides is 3. The Labute approximate surface area is 166 Å². The minimum atomic E-state index is -0.436. The number of para-hydroxylation sites is 1. The minimum Gasteiger partial charge on any atom is -0.338 e. The van der Waals surface area contributed by atoms with Crippen LogP contribution in [0.5, 0.6) is 0 Å². The van der Waals surface area contributed by atoms with Gasteiger partial charge in [-0.2, -0.15) is 0 Å². The zero-order valence-electron chi connectivity index (χ0n) is 15.6. The lowest BCUT2D eigenvalue weighted by Gasteiger charge is -2.29. The average Bonchev–Trinajstić information content (AvgIpc) is 3.06. The molecule has 3 amide bonds. The van der Waals surface area contributed by atoms with Crippen LogP contribution in [0.4, 0.5) is 4.79 Å². The van der Waals surface area contributed by atoms with Crippen molar-refractivity contribution in [2.24, 2.45) is 5.92 Å². The zero-order chi connectivity index (χ0) is 19.5. The van der Waals surface area contributed by atoms with Crippen molar-refractivity contribution < 1.29 is 9.59 Å². The smallest absolute Gasteiger partial charge is 0.321 e. The Balaban J connectivity index is 1.32. The molecule has 1 fully saturated rings. The first-order valence-corrected chi connectivity index (χ1v) is 10.4. The molecular formula is C19H22N6O2S. The SMILES string of the molecule is C[C@@H]1CCCC[C@H]1NC(=O)NC(=O)CSc1nnc2c(n1)[nH]c1ccccc12. The normalized spacial score (nSPS) is 19.6. The largest absolute Gasteiger partial charge is 0.338 e. The molecule has 2 aromatic heterocycles. The first-order valence-electron chi connectivity index (χ1n) is 9.44. The molecule has 0 radical (unpaired) electrons. The van der Waals surface area contributed by atoms with E-state index in [0.29, 0.717) is 22.2 Å². The number of carbonyl (C=O) groups excluding carboxylic acids is 2. The summed E-state index contributed by atoms with van der Waals surface area (Å²) in [6.45, 7) is 2.13.